The minimum atomic E-state index is -0.437. The molecule has 0 amide bonds. The van der Waals surface area contributed by atoms with Crippen molar-refractivity contribution >= 4 is 11.8 Å². The van der Waals surface area contributed by atoms with Crippen LogP contribution in [0, 0.1) is 5.41 Å². The molecule has 0 atom stereocenters. The van der Waals surface area contributed by atoms with Crippen molar-refractivity contribution < 1.29 is 9.53 Å². The summed E-state index contributed by atoms with van der Waals surface area (Å²) in [5, 5.41) is 0. The van der Waals surface area contributed by atoms with Crippen molar-refractivity contribution in [3.8, 4) is 0 Å². The Hall–Kier alpha value is -1.52. The van der Waals surface area contributed by atoms with Gasteiger partial charge in [0.05, 0.1) is 12.9 Å². The van der Waals surface area contributed by atoms with Crippen LogP contribution in [-0.4, -0.2) is 22.1 Å². The topological polar surface area (TPSA) is 70.1 Å². The van der Waals surface area contributed by atoms with Gasteiger partial charge in [-0.15, -0.1) is 0 Å². The lowest BCUT2D eigenvalue weighted by Crippen LogP contribution is -2.26. The Bertz CT molecular complexity index is 448. The maximum Gasteiger partial charge on any atom is 0.360 e. The number of esters is 1. The second-order valence-corrected chi connectivity index (χ2v) is 5.70. The van der Waals surface area contributed by atoms with Crippen LogP contribution in [0.15, 0.2) is 6.33 Å². The zero-order valence-electron chi connectivity index (χ0n) is 11.8. The normalized spacial score (nSPS) is 18.2. The molecule has 106 valence electrons. The molecule has 0 spiro atoms. The predicted molar refractivity (Wildman–Crippen MR) is 73.8 cm³/mol. The van der Waals surface area contributed by atoms with E-state index in [9.17, 15) is 4.79 Å². The lowest BCUT2D eigenvalue weighted by Gasteiger charge is -2.34. The molecule has 0 aromatic carbocycles. The number of hydrogen-bond donors (Lipinski definition) is 1. The van der Waals surface area contributed by atoms with E-state index >= 15 is 0 Å². The van der Waals surface area contributed by atoms with Crippen molar-refractivity contribution in [2.45, 2.75) is 52.5 Å². The van der Waals surface area contributed by atoms with Crippen LogP contribution in [0.3, 0.4) is 0 Å². The third-order valence-corrected chi connectivity index (χ3v) is 3.96. The van der Waals surface area contributed by atoms with Crippen LogP contribution in [0.2, 0.25) is 0 Å². The number of ether oxygens (including phenoxy) is 1. The summed E-state index contributed by atoms with van der Waals surface area (Å²) in [5.41, 5.74) is 6.51. The minimum Gasteiger partial charge on any atom is -0.461 e. The molecule has 19 heavy (non-hydrogen) atoms. The number of nitrogen functional groups attached to an aromatic ring is 1. The molecule has 1 fully saturated rings. The zero-order chi connectivity index (χ0) is 13.9. The number of nitrogens with two attached hydrogens (primary N) is 1. The molecule has 1 saturated carbocycles. The van der Waals surface area contributed by atoms with Crippen molar-refractivity contribution in [2.75, 3.05) is 12.3 Å². The molecular formula is C14H23N3O2. The van der Waals surface area contributed by atoms with Crippen LogP contribution < -0.4 is 5.73 Å². The molecule has 0 bridgehead atoms. The largest absolute Gasteiger partial charge is 0.461 e. The highest BCUT2D eigenvalue weighted by Crippen LogP contribution is 2.37. The van der Waals surface area contributed by atoms with Gasteiger partial charge in [0.15, 0.2) is 5.69 Å². The highest BCUT2D eigenvalue weighted by atomic mass is 16.5. The first-order valence-electron chi connectivity index (χ1n) is 7.03. The van der Waals surface area contributed by atoms with Gasteiger partial charge in [-0.1, -0.05) is 26.2 Å². The van der Waals surface area contributed by atoms with Crippen LogP contribution in [0.25, 0.3) is 0 Å². The SMILES string of the molecule is CCOC(=O)c1ncn(CC2(C)CCCCC2)c1N. The lowest BCUT2D eigenvalue weighted by molar-refractivity contribution is 0.0521. The Morgan fingerprint density at radius 3 is 2.79 bits per heavy atom. The first-order valence-corrected chi connectivity index (χ1v) is 7.03. The van der Waals surface area contributed by atoms with E-state index in [0.717, 1.165) is 6.54 Å². The molecule has 1 aromatic heterocycles. The third kappa shape index (κ3) is 3.08. The van der Waals surface area contributed by atoms with Gasteiger partial charge in [-0.25, -0.2) is 9.78 Å². The second-order valence-electron chi connectivity index (χ2n) is 5.70. The molecule has 5 heteroatoms. The van der Waals surface area contributed by atoms with Crippen molar-refractivity contribution in [3.63, 3.8) is 0 Å². The molecule has 5 nitrogen and oxygen atoms in total. The number of aromatic nitrogens is 2. The minimum absolute atomic E-state index is 0.237. The van der Waals surface area contributed by atoms with Gasteiger partial charge in [-0.3, -0.25) is 0 Å². The molecule has 2 N–H and O–H groups in total. The summed E-state index contributed by atoms with van der Waals surface area (Å²) < 4.78 is 6.83. The first kappa shape index (κ1) is 13.9. The molecule has 2 rings (SSSR count). The Morgan fingerprint density at radius 2 is 2.16 bits per heavy atom. The van der Waals surface area contributed by atoms with E-state index in [4.69, 9.17) is 10.5 Å². The Balaban J connectivity index is 2.11. The number of nitrogens with zero attached hydrogens (tertiary/aromatic N) is 2. The van der Waals surface area contributed by atoms with Crippen molar-refractivity contribution in [3.05, 3.63) is 12.0 Å². The summed E-state index contributed by atoms with van der Waals surface area (Å²) in [6.45, 7) is 5.22. The van der Waals surface area contributed by atoms with Crippen molar-refractivity contribution in [1.29, 1.82) is 0 Å². The standard InChI is InChI=1S/C14H23N3O2/c1-3-19-13(18)11-12(15)17(10-16-11)9-14(2)7-5-4-6-8-14/h10H,3-9,15H2,1-2H3. The lowest BCUT2D eigenvalue weighted by atomic mass is 9.75. The Kier molecular flexibility index (Phi) is 4.12. The Labute approximate surface area is 114 Å². The molecule has 0 saturated heterocycles. The van der Waals surface area contributed by atoms with E-state index in [-0.39, 0.29) is 11.1 Å². The van der Waals surface area contributed by atoms with Gasteiger partial charge in [-0.05, 0) is 25.2 Å². The highest BCUT2D eigenvalue weighted by Gasteiger charge is 2.28. The van der Waals surface area contributed by atoms with Crippen molar-refractivity contribution in [2.24, 2.45) is 5.41 Å². The van der Waals surface area contributed by atoms with E-state index in [2.05, 4.69) is 11.9 Å². The third-order valence-electron chi connectivity index (χ3n) is 3.96. The number of rotatable bonds is 4. The van der Waals surface area contributed by atoms with Crippen LogP contribution in [0.4, 0.5) is 5.82 Å². The van der Waals surface area contributed by atoms with E-state index < -0.39 is 5.97 Å². The number of anilines is 1. The second kappa shape index (κ2) is 5.63. The van der Waals surface area contributed by atoms with Gasteiger partial charge in [0.1, 0.15) is 5.82 Å². The summed E-state index contributed by atoms with van der Waals surface area (Å²) in [7, 11) is 0. The van der Waals surface area contributed by atoms with Crippen LogP contribution in [0.5, 0.6) is 0 Å². The molecule has 0 aliphatic heterocycles. The number of imidazole rings is 1. The van der Waals surface area contributed by atoms with Crippen LogP contribution in [0.1, 0.15) is 56.4 Å². The van der Waals surface area contributed by atoms with Gasteiger partial charge in [0.2, 0.25) is 0 Å². The van der Waals surface area contributed by atoms with E-state index in [0.29, 0.717) is 12.4 Å². The number of hydrogen-bond acceptors (Lipinski definition) is 4. The summed E-state index contributed by atoms with van der Waals surface area (Å²) in [6, 6.07) is 0. The fourth-order valence-corrected chi connectivity index (χ4v) is 2.85. The van der Waals surface area contributed by atoms with Gasteiger partial charge >= 0.3 is 5.97 Å². The molecule has 1 aliphatic rings. The van der Waals surface area contributed by atoms with E-state index in [1.54, 1.807) is 13.3 Å². The van der Waals surface area contributed by atoms with Crippen molar-refractivity contribution in [1.82, 2.24) is 9.55 Å². The summed E-state index contributed by atoms with van der Waals surface area (Å²) in [6.07, 6.45) is 7.94. The molecule has 1 aromatic rings. The smallest absolute Gasteiger partial charge is 0.360 e. The average molecular weight is 265 g/mol. The molecule has 1 heterocycles. The summed E-state index contributed by atoms with van der Waals surface area (Å²) in [4.78, 5) is 15.8. The predicted octanol–water partition coefficient (Wildman–Crippen LogP) is 2.61. The van der Waals surface area contributed by atoms with Gasteiger partial charge in [0, 0.05) is 6.54 Å². The van der Waals surface area contributed by atoms with E-state index in [1.165, 1.54) is 32.1 Å². The maximum atomic E-state index is 11.7. The Morgan fingerprint density at radius 1 is 1.47 bits per heavy atom. The van der Waals surface area contributed by atoms with Crippen LogP contribution >= 0.6 is 0 Å². The quantitative estimate of drug-likeness (QED) is 0.849. The molecule has 0 unspecified atom stereocenters. The maximum absolute atomic E-state index is 11.7. The first-order chi connectivity index (χ1) is 9.06. The van der Waals surface area contributed by atoms with Gasteiger partial charge in [0.25, 0.3) is 0 Å². The van der Waals surface area contributed by atoms with Crippen LogP contribution in [-0.2, 0) is 11.3 Å². The average Bonchev–Trinajstić information content (AvgIpc) is 2.72. The zero-order valence-corrected chi connectivity index (χ0v) is 11.8. The molecule has 1 aliphatic carbocycles. The summed E-state index contributed by atoms with van der Waals surface area (Å²) in [5.74, 6) is -0.0159. The highest BCUT2D eigenvalue weighted by molar-refractivity contribution is 5.92. The summed E-state index contributed by atoms with van der Waals surface area (Å²) >= 11 is 0. The fraction of sp³-hybridized carbons (Fsp3) is 0.714. The molecular weight excluding hydrogens is 242 g/mol. The van der Waals surface area contributed by atoms with Gasteiger partial charge in [-0.2, -0.15) is 0 Å². The number of carbonyl (C=O) groups excluding carboxylic acids is 1. The van der Waals surface area contributed by atoms with E-state index in [1.807, 2.05) is 4.57 Å². The fourth-order valence-electron chi connectivity index (χ4n) is 2.85. The monoisotopic (exact) mass is 265 g/mol. The molecule has 0 radical (unpaired) electrons. The van der Waals surface area contributed by atoms with Gasteiger partial charge < -0.3 is 15.0 Å². The number of carbonyl (C=O) groups is 1.